The van der Waals surface area contributed by atoms with Crippen molar-refractivity contribution in [2.45, 2.75) is 98.3 Å². The molecular weight excluding hydrogens is 324 g/mol. The fourth-order valence-corrected chi connectivity index (χ4v) is 3.34. The van der Waals surface area contributed by atoms with Gasteiger partial charge in [-0.15, -0.1) is 0 Å². The lowest BCUT2D eigenvalue weighted by Gasteiger charge is -2.22. The molecule has 0 heterocycles. The molecule has 0 aromatic heterocycles. The van der Waals surface area contributed by atoms with Gasteiger partial charge in [-0.1, -0.05) is 53.4 Å². The molecule has 1 aromatic carbocycles. The number of hydrogen-bond acceptors (Lipinski definition) is 2. The summed E-state index contributed by atoms with van der Waals surface area (Å²) in [5, 5.41) is 9.81. The van der Waals surface area contributed by atoms with Crippen LogP contribution in [0.3, 0.4) is 0 Å². The number of aromatic carboxylic acids is 1. The zero-order chi connectivity index (χ0) is 19.4. The SMILES string of the molecule is CCCCOc1c(C(=O)O)cc(CCCC)c(CCCC)c1CCCC. The van der Waals surface area contributed by atoms with Crippen molar-refractivity contribution in [2.24, 2.45) is 0 Å². The molecule has 0 bridgehead atoms. The van der Waals surface area contributed by atoms with Gasteiger partial charge in [0.15, 0.2) is 0 Å². The molecule has 3 heteroatoms. The van der Waals surface area contributed by atoms with Crippen molar-refractivity contribution in [2.75, 3.05) is 6.61 Å². The lowest BCUT2D eigenvalue weighted by atomic mass is 9.88. The predicted octanol–water partition coefficient (Wildman–Crippen LogP) is 6.59. The monoisotopic (exact) mass is 362 g/mol. The number of ether oxygens (including phenoxy) is 1. The highest BCUT2D eigenvalue weighted by Gasteiger charge is 2.22. The quantitative estimate of drug-likeness (QED) is 0.380. The lowest BCUT2D eigenvalue weighted by molar-refractivity contribution is 0.0691. The number of carboxylic acid groups (broad SMARTS) is 1. The molecule has 0 fully saturated rings. The second-order valence-electron chi connectivity index (χ2n) is 7.19. The van der Waals surface area contributed by atoms with Gasteiger partial charge in [0.1, 0.15) is 11.3 Å². The van der Waals surface area contributed by atoms with Crippen molar-refractivity contribution in [3.05, 3.63) is 28.3 Å². The number of rotatable bonds is 14. The third-order valence-electron chi connectivity index (χ3n) is 4.92. The summed E-state index contributed by atoms with van der Waals surface area (Å²) in [6.07, 6.45) is 11.6. The van der Waals surface area contributed by atoms with E-state index in [0.717, 1.165) is 70.6 Å². The molecule has 1 aromatic rings. The topological polar surface area (TPSA) is 46.5 Å². The van der Waals surface area contributed by atoms with E-state index in [0.29, 0.717) is 17.9 Å². The largest absolute Gasteiger partial charge is 0.492 e. The van der Waals surface area contributed by atoms with Crippen LogP contribution in [0.5, 0.6) is 5.75 Å². The molecule has 0 saturated carbocycles. The Bertz CT molecular complexity index is 549. The van der Waals surface area contributed by atoms with E-state index in [1.807, 2.05) is 6.07 Å². The molecule has 0 saturated heterocycles. The minimum atomic E-state index is -0.867. The van der Waals surface area contributed by atoms with E-state index in [-0.39, 0.29) is 0 Å². The van der Waals surface area contributed by atoms with Gasteiger partial charge in [-0.3, -0.25) is 0 Å². The highest BCUT2D eigenvalue weighted by molar-refractivity contribution is 5.92. The zero-order valence-electron chi connectivity index (χ0n) is 17.3. The van der Waals surface area contributed by atoms with Crippen molar-refractivity contribution >= 4 is 5.97 Å². The number of unbranched alkanes of at least 4 members (excludes halogenated alkanes) is 4. The summed E-state index contributed by atoms with van der Waals surface area (Å²) in [5.74, 6) is -0.222. The van der Waals surface area contributed by atoms with E-state index in [9.17, 15) is 9.90 Å². The number of hydrogen-bond donors (Lipinski definition) is 1. The number of carbonyl (C=O) groups is 1. The molecule has 1 N–H and O–H groups in total. The molecule has 0 spiro atoms. The van der Waals surface area contributed by atoms with Crippen molar-refractivity contribution in [1.82, 2.24) is 0 Å². The van der Waals surface area contributed by atoms with Gasteiger partial charge >= 0.3 is 5.97 Å². The minimum absolute atomic E-state index is 0.360. The fraction of sp³-hybridized carbons (Fsp3) is 0.696. The van der Waals surface area contributed by atoms with E-state index in [1.54, 1.807) is 0 Å². The van der Waals surface area contributed by atoms with Gasteiger partial charge in [0, 0.05) is 0 Å². The Kier molecular flexibility index (Phi) is 11.1. The van der Waals surface area contributed by atoms with Crippen molar-refractivity contribution in [3.8, 4) is 5.75 Å². The van der Waals surface area contributed by atoms with E-state index in [1.165, 1.54) is 16.7 Å². The Labute approximate surface area is 160 Å². The average Bonchev–Trinajstić information content (AvgIpc) is 2.63. The standard InChI is InChI=1S/C23H38O3/c1-5-9-13-18-17-21(23(24)25)22(26-16-12-8-4)20(15-11-7-3)19(18)14-10-6-2/h17H,5-16H2,1-4H3,(H,24,25). The van der Waals surface area contributed by atoms with Crippen LogP contribution in [-0.2, 0) is 19.3 Å². The van der Waals surface area contributed by atoms with Gasteiger partial charge in [-0.05, 0) is 67.7 Å². The smallest absolute Gasteiger partial charge is 0.339 e. The first-order chi connectivity index (χ1) is 12.6. The van der Waals surface area contributed by atoms with Gasteiger partial charge in [-0.2, -0.15) is 0 Å². The Morgan fingerprint density at radius 1 is 0.846 bits per heavy atom. The van der Waals surface area contributed by atoms with Crippen molar-refractivity contribution in [3.63, 3.8) is 0 Å². The maximum absolute atomic E-state index is 12.0. The Hall–Kier alpha value is -1.51. The second kappa shape index (κ2) is 12.8. The normalized spacial score (nSPS) is 10.9. The van der Waals surface area contributed by atoms with Crippen LogP contribution in [-0.4, -0.2) is 17.7 Å². The molecule has 0 aliphatic heterocycles. The molecule has 0 amide bonds. The van der Waals surface area contributed by atoms with Crippen molar-refractivity contribution in [1.29, 1.82) is 0 Å². The molecule has 0 aliphatic carbocycles. The van der Waals surface area contributed by atoms with E-state index < -0.39 is 5.97 Å². The second-order valence-corrected chi connectivity index (χ2v) is 7.19. The zero-order valence-corrected chi connectivity index (χ0v) is 17.3. The van der Waals surface area contributed by atoms with Crippen LogP contribution >= 0.6 is 0 Å². The highest BCUT2D eigenvalue weighted by Crippen LogP contribution is 2.34. The van der Waals surface area contributed by atoms with Crippen LogP contribution in [0.1, 0.15) is 106 Å². The summed E-state index contributed by atoms with van der Waals surface area (Å²) in [6.45, 7) is 9.30. The third kappa shape index (κ3) is 6.66. The van der Waals surface area contributed by atoms with Gasteiger partial charge in [0.25, 0.3) is 0 Å². The van der Waals surface area contributed by atoms with Gasteiger partial charge < -0.3 is 9.84 Å². The average molecular weight is 363 g/mol. The van der Waals surface area contributed by atoms with Gasteiger partial charge in [0.2, 0.25) is 0 Å². The summed E-state index contributed by atoms with van der Waals surface area (Å²) < 4.78 is 6.07. The Balaban J connectivity index is 3.45. The van der Waals surface area contributed by atoms with Gasteiger partial charge in [-0.25, -0.2) is 4.79 Å². The first kappa shape index (κ1) is 22.5. The molecule has 0 atom stereocenters. The number of benzene rings is 1. The van der Waals surface area contributed by atoms with Crippen LogP contribution < -0.4 is 4.74 Å². The van der Waals surface area contributed by atoms with E-state index in [4.69, 9.17) is 4.74 Å². The van der Waals surface area contributed by atoms with Crippen LogP contribution in [0.15, 0.2) is 6.07 Å². The summed E-state index contributed by atoms with van der Waals surface area (Å²) in [5.41, 5.74) is 4.12. The molecule has 148 valence electrons. The summed E-state index contributed by atoms with van der Waals surface area (Å²) in [6, 6.07) is 1.90. The molecule has 1 rings (SSSR count). The Morgan fingerprint density at radius 3 is 1.92 bits per heavy atom. The Morgan fingerprint density at radius 2 is 1.38 bits per heavy atom. The molecule has 0 aliphatic rings. The molecule has 0 unspecified atom stereocenters. The summed E-state index contributed by atoms with van der Waals surface area (Å²) in [4.78, 5) is 12.0. The molecule has 26 heavy (non-hydrogen) atoms. The molecule has 0 radical (unpaired) electrons. The maximum atomic E-state index is 12.0. The fourth-order valence-electron chi connectivity index (χ4n) is 3.34. The molecule has 3 nitrogen and oxygen atoms in total. The van der Waals surface area contributed by atoms with E-state index >= 15 is 0 Å². The van der Waals surface area contributed by atoms with Crippen molar-refractivity contribution < 1.29 is 14.6 Å². The van der Waals surface area contributed by atoms with Crippen LogP contribution in [0, 0.1) is 0 Å². The van der Waals surface area contributed by atoms with E-state index in [2.05, 4.69) is 27.7 Å². The minimum Gasteiger partial charge on any atom is -0.492 e. The van der Waals surface area contributed by atoms with Crippen LogP contribution in [0.25, 0.3) is 0 Å². The van der Waals surface area contributed by atoms with Gasteiger partial charge in [0.05, 0.1) is 6.61 Å². The number of aryl methyl sites for hydroxylation is 1. The highest BCUT2D eigenvalue weighted by atomic mass is 16.5. The third-order valence-corrected chi connectivity index (χ3v) is 4.92. The first-order valence-corrected chi connectivity index (χ1v) is 10.6. The lowest BCUT2D eigenvalue weighted by Crippen LogP contribution is -2.12. The first-order valence-electron chi connectivity index (χ1n) is 10.6. The summed E-state index contributed by atoms with van der Waals surface area (Å²) in [7, 11) is 0. The predicted molar refractivity (Wildman–Crippen MR) is 110 cm³/mol. The maximum Gasteiger partial charge on any atom is 0.339 e. The molecular formula is C23H38O3. The number of carboxylic acids is 1. The van der Waals surface area contributed by atoms with Crippen LogP contribution in [0.2, 0.25) is 0 Å². The summed E-state index contributed by atoms with van der Waals surface area (Å²) >= 11 is 0. The van der Waals surface area contributed by atoms with Crippen LogP contribution in [0.4, 0.5) is 0 Å².